The summed E-state index contributed by atoms with van der Waals surface area (Å²) in [5, 5.41) is 6.27. The van der Waals surface area contributed by atoms with Gasteiger partial charge in [-0.3, -0.25) is 4.79 Å². The minimum absolute atomic E-state index is 0.0327. The number of para-hydroxylation sites is 1. The first-order valence-electron chi connectivity index (χ1n) is 16.6. The van der Waals surface area contributed by atoms with Crippen molar-refractivity contribution in [3.05, 3.63) is 196 Å². The normalized spacial score (nSPS) is 13.7. The second kappa shape index (κ2) is 9.18. The maximum atomic E-state index is 13.3. The largest absolute Gasteiger partial charge is 0.309 e. The second-order valence-electron chi connectivity index (χ2n) is 13.1. The van der Waals surface area contributed by atoms with E-state index in [-0.39, 0.29) is 5.43 Å². The summed E-state index contributed by atoms with van der Waals surface area (Å²) in [6, 6.07) is 58.7. The molecule has 0 aliphatic heterocycles. The lowest BCUT2D eigenvalue weighted by atomic mass is 9.70. The monoisotopic (exact) mass is 609 g/mol. The van der Waals surface area contributed by atoms with Gasteiger partial charge in [0.2, 0.25) is 0 Å². The Morgan fingerprint density at radius 1 is 0.417 bits per heavy atom. The van der Waals surface area contributed by atoms with E-state index in [1.165, 1.54) is 60.8 Å². The highest BCUT2D eigenvalue weighted by Crippen LogP contribution is 2.64. The van der Waals surface area contributed by atoms with Crippen LogP contribution >= 0.6 is 0 Å². The van der Waals surface area contributed by atoms with E-state index in [4.69, 9.17) is 0 Å². The molecule has 0 amide bonds. The van der Waals surface area contributed by atoms with Crippen LogP contribution in [0, 0.1) is 0 Å². The minimum atomic E-state index is -0.417. The highest BCUT2D eigenvalue weighted by molar-refractivity contribution is 6.17. The first-order valence-corrected chi connectivity index (χ1v) is 16.6. The van der Waals surface area contributed by atoms with Crippen molar-refractivity contribution in [2.24, 2.45) is 0 Å². The predicted molar refractivity (Wildman–Crippen MR) is 198 cm³/mol. The van der Waals surface area contributed by atoms with Crippen molar-refractivity contribution in [2.75, 3.05) is 0 Å². The highest BCUT2D eigenvalue weighted by atomic mass is 16.1. The van der Waals surface area contributed by atoms with Crippen LogP contribution in [0.25, 0.3) is 71.3 Å². The molecule has 1 heterocycles. The summed E-state index contributed by atoms with van der Waals surface area (Å²) < 4.78 is 2.44. The molecule has 2 aliphatic rings. The van der Waals surface area contributed by atoms with Crippen molar-refractivity contribution in [1.82, 2.24) is 4.57 Å². The van der Waals surface area contributed by atoms with E-state index in [9.17, 15) is 4.79 Å². The van der Waals surface area contributed by atoms with E-state index in [1.54, 1.807) is 6.07 Å². The first kappa shape index (κ1) is 25.9. The fraction of sp³-hybridized carbons (Fsp3) is 0.0217. The van der Waals surface area contributed by atoms with E-state index in [0.29, 0.717) is 0 Å². The number of hydrogen-bond donors (Lipinski definition) is 0. The third-order valence-corrected chi connectivity index (χ3v) is 11.0. The quantitative estimate of drug-likeness (QED) is 0.181. The zero-order chi connectivity index (χ0) is 31.6. The van der Waals surface area contributed by atoms with Gasteiger partial charge in [0.1, 0.15) is 0 Å². The van der Waals surface area contributed by atoms with Gasteiger partial charge in [0.15, 0.2) is 5.43 Å². The third-order valence-electron chi connectivity index (χ3n) is 11.0. The van der Waals surface area contributed by atoms with Gasteiger partial charge >= 0.3 is 0 Å². The smallest absolute Gasteiger partial charge is 0.186 e. The lowest BCUT2D eigenvalue weighted by Crippen LogP contribution is -2.25. The summed E-state index contributed by atoms with van der Waals surface area (Å²) in [7, 11) is 0. The zero-order valence-electron chi connectivity index (χ0n) is 25.9. The van der Waals surface area contributed by atoms with Crippen molar-refractivity contribution < 1.29 is 0 Å². The number of nitrogens with zero attached hydrogens (tertiary/aromatic N) is 1. The van der Waals surface area contributed by atoms with Crippen LogP contribution in [0.3, 0.4) is 0 Å². The molecule has 1 spiro atoms. The molecule has 0 atom stereocenters. The summed E-state index contributed by atoms with van der Waals surface area (Å²) in [5.74, 6) is 0. The van der Waals surface area contributed by atoms with Crippen LogP contribution in [0.5, 0.6) is 0 Å². The molecule has 1 aromatic heterocycles. The Kier molecular flexibility index (Phi) is 4.95. The predicted octanol–water partition coefficient (Wildman–Crippen LogP) is 10.8. The first-order chi connectivity index (χ1) is 23.7. The molecule has 11 rings (SSSR count). The summed E-state index contributed by atoms with van der Waals surface area (Å²) in [4.78, 5) is 13.3. The van der Waals surface area contributed by atoms with Crippen LogP contribution in [0.2, 0.25) is 0 Å². The van der Waals surface area contributed by atoms with E-state index in [2.05, 4.69) is 144 Å². The molecule has 2 nitrogen and oxygen atoms in total. The number of fused-ring (bicyclic) bond motifs is 17. The molecule has 0 bridgehead atoms. The minimum Gasteiger partial charge on any atom is -0.309 e. The lowest BCUT2D eigenvalue weighted by Gasteiger charge is -2.30. The molecule has 0 radical (unpaired) electrons. The van der Waals surface area contributed by atoms with Crippen molar-refractivity contribution in [3.63, 3.8) is 0 Å². The second-order valence-corrected chi connectivity index (χ2v) is 13.1. The topological polar surface area (TPSA) is 22.0 Å². The molecule has 9 aromatic rings. The summed E-state index contributed by atoms with van der Waals surface area (Å²) in [6.45, 7) is 0. The number of rotatable bonds is 1. The Morgan fingerprint density at radius 3 is 1.79 bits per heavy atom. The Labute approximate surface area is 276 Å². The van der Waals surface area contributed by atoms with Crippen molar-refractivity contribution in [2.45, 2.75) is 5.41 Å². The summed E-state index contributed by atoms with van der Waals surface area (Å²) in [5.41, 5.74) is 13.5. The Morgan fingerprint density at radius 2 is 1.02 bits per heavy atom. The van der Waals surface area contributed by atoms with Crippen LogP contribution < -0.4 is 5.43 Å². The van der Waals surface area contributed by atoms with E-state index in [1.807, 2.05) is 18.2 Å². The maximum absolute atomic E-state index is 13.3. The van der Waals surface area contributed by atoms with Gasteiger partial charge in [0.25, 0.3) is 0 Å². The lowest BCUT2D eigenvalue weighted by molar-refractivity contribution is 0.794. The molecule has 0 unspecified atom stereocenters. The molecule has 0 saturated carbocycles. The molecular formula is C46H27NO. The van der Waals surface area contributed by atoms with E-state index < -0.39 is 5.41 Å². The number of aromatic nitrogens is 1. The molecule has 8 aromatic carbocycles. The summed E-state index contributed by atoms with van der Waals surface area (Å²) >= 11 is 0. The van der Waals surface area contributed by atoms with Crippen molar-refractivity contribution >= 4 is 43.4 Å². The molecular weight excluding hydrogens is 583 g/mol. The van der Waals surface area contributed by atoms with Gasteiger partial charge in [-0.2, -0.15) is 0 Å². The van der Waals surface area contributed by atoms with Crippen molar-refractivity contribution in [1.29, 1.82) is 0 Å². The van der Waals surface area contributed by atoms with Crippen LogP contribution in [0.1, 0.15) is 22.3 Å². The third kappa shape index (κ3) is 3.06. The standard InChI is InChI=1S/C46H27NO/c48-43-26-21-28-11-1-2-12-30(28)37-27-29(22-23-34(37)43)47-42-20-10-6-15-33(42)35-24-25-41-44(45(35)47)36-16-5-9-19-40(36)46(41)38-17-7-3-13-31(38)32-14-4-8-18-39(32)46/h1-27H. The average molecular weight is 610 g/mol. The van der Waals surface area contributed by atoms with Gasteiger partial charge in [-0.05, 0) is 85.4 Å². The van der Waals surface area contributed by atoms with Crippen LogP contribution in [0.15, 0.2) is 169 Å². The Hall–Kier alpha value is -6.25. The van der Waals surface area contributed by atoms with Gasteiger partial charge in [-0.1, -0.05) is 133 Å². The van der Waals surface area contributed by atoms with Gasteiger partial charge in [-0.15, -0.1) is 0 Å². The SMILES string of the molecule is O=c1ccc2ccccc2c2cc(-n3c4ccccc4c4ccc5c(c43)-c3ccccc3C53c4ccccc4-c4ccccc43)ccc12. The Bertz CT molecular complexity index is 2880. The van der Waals surface area contributed by atoms with Crippen LogP contribution in [0.4, 0.5) is 0 Å². The van der Waals surface area contributed by atoms with Gasteiger partial charge in [-0.25, -0.2) is 0 Å². The molecule has 2 aliphatic carbocycles. The molecule has 222 valence electrons. The fourth-order valence-electron chi connectivity index (χ4n) is 9.15. The maximum Gasteiger partial charge on any atom is 0.186 e. The van der Waals surface area contributed by atoms with E-state index in [0.717, 1.165) is 32.7 Å². The fourth-order valence-corrected chi connectivity index (χ4v) is 9.15. The molecule has 0 fully saturated rings. The molecule has 0 N–H and O–H groups in total. The molecule has 2 heteroatoms. The van der Waals surface area contributed by atoms with Crippen LogP contribution in [-0.2, 0) is 5.41 Å². The van der Waals surface area contributed by atoms with Gasteiger partial charge < -0.3 is 4.57 Å². The average Bonchev–Trinajstić information content (AvgIpc) is 3.72. The highest BCUT2D eigenvalue weighted by Gasteiger charge is 2.52. The number of benzene rings is 7. The molecule has 48 heavy (non-hydrogen) atoms. The van der Waals surface area contributed by atoms with Gasteiger partial charge in [0, 0.05) is 27.4 Å². The Balaban J connectivity index is 1.33. The van der Waals surface area contributed by atoms with Crippen molar-refractivity contribution in [3.8, 4) is 27.9 Å². The zero-order valence-corrected chi connectivity index (χ0v) is 25.9. The van der Waals surface area contributed by atoms with E-state index >= 15 is 0 Å². The summed E-state index contributed by atoms with van der Waals surface area (Å²) in [6.07, 6.45) is 0. The van der Waals surface area contributed by atoms with Gasteiger partial charge in [0.05, 0.1) is 16.4 Å². The molecule has 0 saturated heterocycles. The van der Waals surface area contributed by atoms with Crippen LogP contribution in [-0.4, -0.2) is 4.57 Å². The number of hydrogen-bond acceptors (Lipinski definition) is 1.